The minimum absolute atomic E-state index is 0.0250. The van der Waals surface area contributed by atoms with E-state index in [1.165, 1.54) is 11.0 Å². The van der Waals surface area contributed by atoms with Gasteiger partial charge >= 0.3 is 0 Å². The van der Waals surface area contributed by atoms with Crippen molar-refractivity contribution in [3.8, 4) is 11.1 Å². The van der Waals surface area contributed by atoms with Crippen LogP contribution in [0, 0.1) is 5.82 Å². The van der Waals surface area contributed by atoms with E-state index in [1.54, 1.807) is 42.1 Å². The second-order valence-corrected chi connectivity index (χ2v) is 8.95. The summed E-state index contributed by atoms with van der Waals surface area (Å²) >= 11 is 0. The summed E-state index contributed by atoms with van der Waals surface area (Å²) in [5, 5.41) is 7.90. The maximum absolute atomic E-state index is 15.9. The first kappa shape index (κ1) is 23.5. The first-order chi connectivity index (χ1) is 17.4. The minimum atomic E-state index is -0.464. The molecule has 8 nitrogen and oxygen atoms in total. The van der Waals surface area contributed by atoms with E-state index in [9.17, 15) is 9.59 Å². The molecule has 3 heterocycles. The molecule has 0 radical (unpaired) electrons. The molecule has 9 heteroatoms. The van der Waals surface area contributed by atoms with Crippen LogP contribution >= 0.6 is 0 Å². The van der Waals surface area contributed by atoms with Crippen molar-refractivity contribution in [3.05, 3.63) is 78.1 Å². The van der Waals surface area contributed by atoms with Crippen molar-refractivity contribution in [3.63, 3.8) is 0 Å². The summed E-state index contributed by atoms with van der Waals surface area (Å²) in [6, 6.07) is 12.8. The van der Waals surface area contributed by atoms with Gasteiger partial charge in [0.05, 0.1) is 18.1 Å². The Morgan fingerprint density at radius 1 is 1.14 bits per heavy atom. The zero-order valence-corrected chi connectivity index (χ0v) is 20.1. The molecule has 1 aliphatic rings. The van der Waals surface area contributed by atoms with Gasteiger partial charge < -0.3 is 14.2 Å². The predicted molar refractivity (Wildman–Crippen MR) is 133 cm³/mol. The number of carbonyl (C=O) groups is 2. The van der Waals surface area contributed by atoms with Gasteiger partial charge in [0.15, 0.2) is 5.76 Å². The Balaban J connectivity index is 1.51. The Labute approximate surface area is 207 Å². The van der Waals surface area contributed by atoms with Crippen LogP contribution in [0.5, 0.6) is 0 Å². The van der Waals surface area contributed by atoms with E-state index in [0.29, 0.717) is 42.8 Å². The molecular weight excluding hydrogens is 461 g/mol. The smallest absolute Gasteiger partial charge is 0.289 e. The van der Waals surface area contributed by atoms with Gasteiger partial charge in [0.2, 0.25) is 5.91 Å². The number of furan rings is 1. The summed E-state index contributed by atoms with van der Waals surface area (Å²) < 4.78 is 23.5. The van der Waals surface area contributed by atoms with Gasteiger partial charge in [0, 0.05) is 57.0 Å². The third kappa shape index (κ3) is 4.51. The average molecular weight is 488 g/mol. The van der Waals surface area contributed by atoms with Crippen LogP contribution in [-0.2, 0) is 11.3 Å². The third-order valence-corrected chi connectivity index (χ3v) is 6.32. The lowest BCUT2D eigenvalue weighted by molar-refractivity contribution is -0.131. The average Bonchev–Trinajstić information content (AvgIpc) is 3.58. The maximum Gasteiger partial charge on any atom is 0.289 e. The zero-order valence-electron chi connectivity index (χ0n) is 20.1. The van der Waals surface area contributed by atoms with Crippen LogP contribution in [0.3, 0.4) is 0 Å². The molecule has 2 aromatic heterocycles. The molecule has 0 saturated heterocycles. The fourth-order valence-electron chi connectivity index (χ4n) is 4.44. The Morgan fingerprint density at radius 2 is 1.94 bits per heavy atom. The number of hydrogen-bond donors (Lipinski definition) is 0. The molecule has 0 unspecified atom stereocenters. The number of amides is 2. The molecule has 1 aliphatic heterocycles. The number of fused-ring (bicyclic) bond motifs is 1. The molecular formula is C27H26FN5O3. The standard InChI is InChI=1S/C27H26FN5O3/c1-31(2)27(35)23-16-22-25(28)20(15-21(26(22)36-23)18-7-4-3-5-8-18)19-9-6-12-32(17-19)24(34)10-13-33-14-11-29-30-33/h3-5,7-9,11,14-16H,6,10,12-13,17H2,1-2H3. The van der Waals surface area contributed by atoms with Crippen LogP contribution in [0.25, 0.3) is 27.7 Å². The summed E-state index contributed by atoms with van der Waals surface area (Å²) in [7, 11) is 3.24. The highest BCUT2D eigenvalue weighted by atomic mass is 19.1. The molecule has 0 saturated carbocycles. The first-order valence-electron chi connectivity index (χ1n) is 11.8. The van der Waals surface area contributed by atoms with Crippen molar-refractivity contribution in [2.45, 2.75) is 19.4 Å². The monoisotopic (exact) mass is 487 g/mol. The molecule has 0 spiro atoms. The molecule has 5 rings (SSSR count). The number of aryl methyl sites for hydroxylation is 1. The third-order valence-electron chi connectivity index (χ3n) is 6.32. The molecule has 2 amide bonds. The van der Waals surface area contributed by atoms with E-state index in [4.69, 9.17) is 4.42 Å². The summed E-state index contributed by atoms with van der Waals surface area (Å²) in [6.07, 6.45) is 6.17. The van der Waals surface area contributed by atoms with Crippen LogP contribution in [-0.4, -0.2) is 63.8 Å². The lowest BCUT2D eigenvalue weighted by atomic mass is 9.94. The van der Waals surface area contributed by atoms with Gasteiger partial charge in [-0.15, -0.1) is 5.10 Å². The van der Waals surface area contributed by atoms with E-state index in [1.807, 2.05) is 36.4 Å². The topological polar surface area (TPSA) is 84.5 Å². The Bertz CT molecular complexity index is 1440. The second kappa shape index (κ2) is 9.77. The van der Waals surface area contributed by atoms with Crippen molar-refractivity contribution in [2.75, 3.05) is 27.2 Å². The number of carbonyl (C=O) groups excluding carboxylic acids is 2. The highest BCUT2D eigenvalue weighted by Gasteiger charge is 2.26. The van der Waals surface area contributed by atoms with E-state index in [-0.39, 0.29) is 29.4 Å². The van der Waals surface area contributed by atoms with E-state index in [0.717, 1.165) is 11.1 Å². The summed E-state index contributed by atoms with van der Waals surface area (Å²) in [4.78, 5) is 28.6. The van der Waals surface area contributed by atoms with Crippen molar-refractivity contribution in [2.24, 2.45) is 0 Å². The van der Waals surface area contributed by atoms with Gasteiger partial charge in [-0.3, -0.25) is 14.3 Å². The Kier molecular flexibility index (Phi) is 6.37. The number of rotatable bonds is 6. The van der Waals surface area contributed by atoms with Crippen molar-refractivity contribution in [1.29, 1.82) is 0 Å². The zero-order chi connectivity index (χ0) is 25.2. The Hall–Kier alpha value is -4.27. The van der Waals surface area contributed by atoms with Crippen LogP contribution in [0.1, 0.15) is 29.0 Å². The highest BCUT2D eigenvalue weighted by molar-refractivity contribution is 6.02. The van der Waals surface area contributed by atoms with Crippen LogP contribution < -0.4 is 0 Å². The predicted octanol–water partition coefficient (Wildman–Crippen LogP) is 4.24. The van der Waals surface area contributed by atoms with Crippen LogP contribution in [0.2, 0.25) is 0 Å². The van der Waals surface area contributed by atoms with Gasteiger partial charge in [-0.25, -0.2) is 4.39 Å². The SMILES string of the molecule is CN(C)C(=O)c1cc2c(F)c(C3=CCCN(C(=O)CCn4ccnn4)C3)cc(-c3ccccc3)c2o1. The van der Waals surface area contributed by atoms with Gasteiger partial charge in [-0.2, -0.15) is 0 Å². The molecule has 0 bridgehead atoms. The minimum Gasteiger partial charge on any atom is -0.450 e. The number of halogens is 1. The normalized spacial score (nSPS) is 13.6. The second-order valence-electron chi connectivity index (χ2n) is 8.95. The molecule has 184 valence electrons. The van der Waals surface area contributed by atoms with E-state index < -0.39 is 5.82 Å². The van der Waals surface area contributed by atoms with Gasteiger partial charge in [-0.05, 0) is 23.6 Å². The molecule has 0 fully saturated rings. The van der Waals surface area contributed by atoms with E-state index >= 15 is 4.39 Å². The summed E-state index contributed by atoms with van der Waals surface area (Å²) in [5.41, 5.74) is 2.99. The highest BCUT2D eigenvalue weighted by Crippen LogP contribution is 2.38. The largest absolute Gasteiger partial charge is 0.450 e. The maximum atomic E-state index is 15.9. The van der Waals surface area contributed by atoms with Crippen LogP contribution in [0.15, 0.2) is 65.4 Å². The van der Waals surface area contributed by atoms with Gasteiger partial charge in [-0.1, -0.05) is 41.6 Å². The first-order valence-corrected chi connectivity index (χ1v) is 11.8. The van der Waals surface area contributed by atoms with Crippen molar-refractivity contribution >= 4 is 28.4 Å². The fraction of sp³-hybridized carbons (Fsp3) is 0.259. The molecule has 0 N–H and O–H groups in total. The number of aromatic nitrogens is 3. The lowest BCUT2D eigenvalue weighted by Crippen LogP contribution is -2.36. The van der Waals surface area contributed by atoms with Crippen molar-refractivity contribution < 1.29 is 18.4 Å². The molecule has 4 aromatic rings. The number of nitrogens with zero attached hydrogens (tertiary/aromatic N) is 5. The number of hydrogen-bond acceptors (Lipinski definition) is 5. The van der Waals surface area contributed by atoms with E-state index in [2.05, 4.69) is 10.3 Å². The number of benzene rings is 2. The van der Waals surface area contributed by atoms with Crippen LogP contribution in [0.4, 0.5) is 4.39 Å². The quantitative estimate of drug-likeness (QED) is 0.406. The summed E-state index contributed by atoms with van der Waals surface area (Å²) in [5.74, 6) is -0.754. The molecule has 0 atom stereocenters. The van der Waals surface area contributed by atoms with Gasteiger partial charge in [0.25, 0.3) is 5.91 Å². The Morgan fingerprint density at radius 3 is 2.67 bits per heavy atom. The van der Waals surface area contributed by atoms with Gasteiger partial charge in [0.1, 0.15) is 11.4 Å². The van der Waals surface area contributed by atoms with Crippen molar-refractivity contribution in [1.82, 2.24) is 24.8 Å². The summed E-state index contributed by atoms with van der Waals surface area (Å²) in [6.45, 7) is 1.31. The molecule has 2 aromatic carbocycles. The lowest BCUT2D eigenvalue weighted by Gasteiger charge is -2.28. The molecule has 36 heavy (non-hydrogen) atoms. The molecule has 0 aliphatic carbocycles. The fourth-order valence-corrected chi connectivity index (χ4v) is 4.44.